The zero-order chi connectivity index (χ0) is 22.0. The Kier molecular flexibility index (Phi) is 6.85. The van der Waals surface area contributed by atoms with Crippen LogP contribution in [-0.4, -0.2) is 42.5 Å². The van der Waals surface area contributed by atoms with Crippen LogP contribution >= 0.6 is 23.2 Å². The summed E-state index contributed by atoms with van der Waals surface area (Å²) < 4.78 is 6.07. The van der Waals surface area contributed by atoms with Crippen LogP contribution in [0.4, 0.5) is 5.69 Å². The van der Waals surface area contributed by atoms with Crippen LogP contribution in [0.15, 0.2) is 53.8 Å². The van der Waals surface area contributed by atoms with Crippen molar-refractivity contribution >= 4 is 34.7 Å². The van der Waals surface area contributed by atoms with E-state index in [0.29, 0.717) is 16.8 Å². The first-order valence-corrected chi connectivity index (χ1v) is 11.4. The minimum absolute atomic E-state index is 0.165. The normalized spacial score (nSPS) is 23.4. The molecule has 5 nitrogen and oxygen atoms in total. The predicted molar refractivity (Wildman–Crippen MR) is 128 cm³/mol. The summed E-state index contributed by atoms with van der Waals surface area (Å²) in [6, 6.07) is 9.73. The van der Waals surface area contributed by atoms with E-state index in [-0.39, 0.29) is 6.10 Å². The summed E-state index contributed by atoms with van der Waals surface area (Å²) in [4.78, 5) is 13.4. The molecule has 2 heterocycles. The van der Waals surface area contributed by atoms with Gasteiger partial charge in [0.05, 0.1) is 17.3 Å². The third-order valence-corrected chi connectivity index (χ3v) is 6.53. The molecule has 1 fully saturated rings. The molecule has 0 atom stereocenters. The molecule has 1 aliphatic carbocycles. The molecule has 0 bridgehead atoms. The number of anilines is 1. The quantitative estimate of drug-likeness (QED) is 0.578. The standard InChI is InChI=1S/C24H28Cl2N4O/c1-16(17-4-8-21(9-5-17)31-24-11-7-20(26)13-28-24)30-22-10-6-19(25)12-18(22)14-29(3)15-23(30)27-2/h6-7,10-13,17,21H,1,4-5,8-9,14-15H2,2-3H3. The maximum absolute atomic E-state index is 6.30. The van der Waals surface area contributed by atoms with Crippen LogP contribution in [0.1, 0.15) is 31.2 Å². The summed E-state index contributed by atoms with van der Waals surface area (Å²) in [5.74, 6) is 2.02. The molecule has 1 aromatic carbocycles. The van der Waals surface area contributed by atoms with Crippen molar-refractivity contribution in [1.29, 1.82) is 0 Å². The Morgan fingerprint density at radius 2 is 1.84 bits per heavy atom. The molecule has 4 rings (SSSR count). The molecule has 31 heavy (non-hydrogen) atoms. The van der Waals surface area contributed by atoms with Crippen molar-refractivity contribution in [2.45, 2.75) is 38.3 Å². The molecule has 7 heteroatoms. The van der Waals surface area contributed by atoms with Crippen molar-refractivity contribution in [1.82, 2.24) is 9.88 Å². The molecular weight excluding hydrogens is 431 g/mol. The largest absolute Gasteiger partial charge is 0.474 e. The summed E-state index contributed by atoms with van der Waals surface area (Å²) in [5.41, 5.74) is 3.42. The highest BCUT2D eigenvalue weighted by Gasteiger charge is 2.31. The number of halogens is 2. The zero-order valence-corrected chi connectivity index (χ0v) is 19.5. The Bertz CT molecular complexity index is 968. The molecule has 0 radical (unpaired) electrons. The maximum Gasteiger partial charge on any atom is 0.213 e. The van der Waals surface area contributed by atoms with Crippen molar-refractivity contribution < 1.29 is 4.74 Å². The van der Waals surface area contributed by atoms with E-state index in [9.17, 15) is 0 Å². The van der Waals surface area contributed by atoms with Crippen LogP contribution in [0.3, 0.4) is 0 Å². The highest BCUT2D eigenvalue weighted by Crippen LogP contribution is 2.38. The second-order valence-corrected chi connectivity index (χ2v) is 9.19. The molecule has 0 N–H and O–H groups in total. The van der Waals surface area contributed by atoms with E-state index >= 15 is 0 Å². The molecule has 1 aliphatic heterocycles. The molecule has 1 aromatic heterocycles. The molecule has 0 unspecified atom stereocenters. The van der Waals surface area contributed by atoms with Crippen LogP contribution in [0.2, 0.25) is 10.0 Å². The summed E-state index contributed by atoms with van der Waals surface area (Å²) in [6.07, 6.45) is 5.75. The second-order valence-electron chi connectivity index (χ2n) is 8.32. The Morgan fingerprint density at radius 3 is 2.52 bits per heavy atom. The van der Waals surface area contributed by atoms with Crippen LogP contribution in [0, 0.1) is 5.92 Å². The number of rotatable bonds is 4. The molecule has 2 aromatic rings. The van der Waals surface area contributed by atoms with Gasteiger partial charge in [0.1, 0.15) is 11.9 Å². The third-order valence-electron chi connectivity index (χ3n) is 6.07. The molecule has 164 valence electrons. The number of ether oxygens (including phenoxy) is 1. The van der Waals surface area contributed by atoms with E-state index in [1.807, 2.05) is 25.2 Å². The van der Waals surface area contributed by atoms with E-state index in [1.54, 1.807) is 6.20 Å². The number of nitrogens with zero attached hydrogens (tertiary/aromatic N) is 4. The Labute approximate surface area is 194 Å². The van der Waals surface area contributed by atoms with E-state index < -0.39 is 0 Å². The number of aliphatic imine (C=N–C) groups is 1. The van der Waals surface area contributed by atoms with Gasteiger partial charge in [-0.25, -0.2) is 4.98 Å². The lowest BCUT2D eigenvalue weighted by Crippen LogP contribution is -2.39. The smallest absolute Gasteiger partial charge is 0.213 e. The first-order valence-electron chi connectivity index (χ1n) is 10.6. The zero-order valence-electron chi connectivity index (χ0n) is 18.0. The topological polar surface area (TPSA) is 41.0 Å². The number of likely N-dealkylation sites (N-methyl/N-ethyl adjacent to an activating group) is 1. The summed E-state index contributed by atoms with van der Waals surface area (Å²) in [6.45, 7) is 6.13. The van der Waals surface area contributed by atoms with Gasteiger partial charge in [-0.15, -0.1) is 0 Å². The number of fused-ring (bicyclic) bond motifs is 1. The Morgan fingerprint density at radius 1 is 1.10 bits per heavy atom. The third kappa shape index (κ3) is 5.05. The molecular formula is C24H28Cl2N4O. The monoisotopic (exact) mass is 458 g/mol. The van der Waals surface area contributed by atoms with Crippen LogP contribution in [-0.2, 0) is 6.54 Å². The predicted octanol–water partition coefficient (Wildman–Crippen LogP) is 5.82. The Balaban J connectivity index is 1.49. The molecule has 0 spiro atoms. The van der Waals surface area contributed by atoms with Gasteiger partial charge in [0.25, 0.3) is 0 Å². The minimum atomic E-state index is 0.165. The minimum Gasteiger partial charge on any atom is -0.474 e. The maximum atomic E-state index is 6.30. The summed E-state index contributed by atoms with van der Waals surface area (Å²) >= 11 is 12.2. The number of allylic oxidation sites excluding steroid dienone is 1. The number of hydrogen-bond acceptors (Lipinski definition) is 4. The van der Waals surface area contributed by atoms with Crippen LogP contribution in [0.25, 0.3) is 0 Å². The number of pyridine rings is 1. The number of hydrogen-bond donors (Lipinski definition) is 0. The fraction of sp³-hybridized carbons (Fsp3) is 0.417. The average molecular weight is 459 g/mol. The first-order chi connectivity index (χ1) is 14.9. The van der Waals surface area contributed by atoms with Crippen molar-refractivity contribution in [3.8, 4) is 5.88 Å². The second kappa shape index (κ2) is 9.60. The van der Waals surface area contributed by atoms with Gasteiger partial charge in [-0.3, -0.25) is 9.89 Å². The highest BCUT2D eigenvalue weighted by atomic mass is 35.5. The molecule has 0 amide bonds. The van der Waals surface area contributed by atoms with Gasteiger partial charge in [0.2, 0.25) is 5.88 Å². The highest BCUT2D eigenvalue weighted by molar-refractivity contribution is 6.31. The van der Waals surface area contributed by atoms with E-state index in [4.69, 9.17) is 27.9 Å². The van der Waals surface area contributed by atoms with Gasteiger partial charge in [-0.2, -0.15) is 0 Å². The van der Waals surface area contributed by atoms with Gasteiger partial charge in [0.15, 0.2) is 0 Å². The van der Waals surface area contributed by atoms with Gasteiger partial charge in [-0.1, -0.05) is 29.8 Å². The SMILES string of the molecule is C=C(C1CCC(Oc2ccc(Cl)cn2)CC1)N1C(=NC)CN(C)Cc2cc(Cl)ccc21. The number of amidine groups is 1. The van der Waals surface area contributed by atoms with Crippen LogP contribution < -0.4 is 9.64 Å². The fourth-order valence-electron chi connectivity index (χ4n) is 4.49. The summed E-state index contributed by atoms with van der Waals surface area (Å²) in [7, 11) is 3.96. The molecule has 2 aliphatic rings. The lowest BCUT2D eigenvalue weighted by atomic mass is 9.84. The van der Waals surface area contributed by atoms with Gasteiger partial charge >= 0.3 is 0 Å². The van der Waals surface area contributed by atoms with Gasteiger partial charge in [-0.05, 0) is 68.5 Å². The van der Waals surface area contributed by atoms with Crippen molar-refractivity contribution in [2.75, 3.05) is 25.5 Å². The fourth-order valence-corrected chi connectivity index (χ4v) is 4.79. The molecule has 0 saturated heterocycles. The van der Waals surface area contributed by atoms with E-state index in [0.717, 1.165) is 61.0 Å². The average Bonchev–Trinajstić information content (AvgIpc) is 2.90. The lowest BCUT2D eigenvalue weighted by molar-refractivity contribution is 0.133. The van der Waals surface area contributed by atoms with Crippen molar-refractivity contribution in [3.05, 3.63) is 64.4 Å². The summed E-state index contributed by atoms with van der Waals surface area (Å²) in [5, 5.41) is 1.37. The van der Waals surface area contributed by atoms with Crippen molar-refractivity contribution in [2.24, 2.45) is 10.9 Å². The first kappa shape index (κ1) is 22.1. The van der Waals surface area contributed by atoms with E-state index in [2.05, 4.69) is 45.5 Å². The number of aromatic nitrogens is 1. The van der Waals surface area contributed by atoms with E-state index in [1.165, 1.54) is 5.56 Å². The number of benzene rings is 1. The van der Waals surface area contributed by atoms with Crippen molar-refractivity contribution in [3.63, 3.8) is 0 Å². The van der Waals surface area contributed by atoms with Crippen LogP contribution in [0.5, 0.6) is 5.88 Å². The van der Waals surface area contributed by atoms with Gasteiger partial charge in [0, 0.05) is 36.6 Å². The Hall–Kier alpha value is -2.08. The molecule has 1 saturated carbocycles. The lowest BCUT2D eigenvalue weighted by Gasteiger charge is -2.36. The van der Waals surface area contributed by atoms with Gasteiger partial charge < -0.3 is 9.64 Å².